The molecular formula is C13H13ClINS. The molecule has 2 rings (SSSR count). The number of halogens is 2. The molecule has 0 spiro atoms. The van der Waals surface area contributed by atoms with Crippen molar-refractivity contribution < 1.29 is 0 Å². The molecular weight excluding hydrogens is 365 g/mol. The molecule has 1 aromatic heterocycles. The van der Waals surface area contributed by atoms with Crippen molar-refractivity contribution in [3.63, 3.8) is 0 Å². The molecule has 1 unspecified atom stereocenters. The molecule has 2 N–H and O–H groups in total. The predicted octanol–water partition coefficient (Wildman–Crippen LogP) is 4.67. The summed E-state index contributed by atoms with van der Waals surface area (Å²) >= 11 is 10.1. The molecule has 0 aliphatic carbocycles. The Morgan fingerprint density at radius 3 is 2.53 bits per heavy atom. The fraction of sp³-hybridized carbons (Fsp3) is 0.231. The fourth-order valence-corrected chi connectivity index (χ4v) is 3.43. The molecule has 17 heavy (non-hydrogen) atoms. The van der Waals surface area contributed by atoms with Gasteiger partial charge in [-0.25, -0.2) is 0 Å². The summed E-state index contributed by atoms with van der Waals surface area (Å²) in [7, 11) is 0. The van der Waals surface area contributed by atoms with Gasteiger partial charge in [0.05, 0.1) is 8.93 Å². The number of hydrogen-bond donors (Lipinski definition) is 1. The highest BCUT2D eigenvalue weighted by molar-refractivity contribution is 14.1. The first-order valence-corrected chi connectivity index (χ1v) is 7.59. The first-order chi connectivity index (χ1) is 7.99. The van der Waals surface area contributed by atoms with Gasteiger partial charge in [0.1, 0.15) is 0 Å². The van der Waals surface area contributed by atoms with Crippen LogP contribution in [0.4, 0.5) is 0 Å². The summed E-state index contributed by atoms with van der Waals surface area (Å²) in [4.78, 5) is 0. The predicted molar refractivity (Wildman–Crippen MR) is 84.0 cm³/mol. The minimum Gasteiger partial charge on any atom is -0.320 e. The molecule has 1 atom stereocenters. The molecule has 1 nitrogen and oxygen atoms in total. The normalized spacial score (nSPS) is 12.8. The quantitative estimate of drug-likeness (QED) is 0.756. The van der Waals surface area contributed by atoms with Crippen molar-refractivity contribution in [1.29, 1.82) is 0 Å². The Bertz CT molecular complexity index is 550. The van der Waals surface area contributed by atoms with Gasteiger partial charge in [-0.2, -0.15) is 0 Å². The number of benzene rings is 1. The maximum absolute atomic E-state index is 6.31. The van der Waals surface area contributed by atoms with Gasteiger partial charge >= 0.3 is 0 Å². The van der Waals surface area contributed by atoms with Gasteiger partial charge < -0.3 is 5.73 Å². The van der Waals surface area contributed by atoms with Crippen molar-refractivity contribution in [3.8, 4) is 0 Å². The van der Waals surface area contributed by atoms with Gasteiger partial charge in [-0.15, -0.1) is 11.3 Å². The van der Waals surface area contributed by atoms with Crippen LogP contribution in [0.5, 0.6) is 0 Å². The summed E-state index contributed by atoms with van der Waals surface area (Å²) in [6.45, 7) is 4.06. The van der Waals surface area contributed by atoms with E-state index in [1.807, 2.05) is 13.0 Å². The second-order valence-electron chi connectivity index (χ2n) is 4.12. The van der Waals surface area contributed by atoms with E-state index in [0.29, 0.717) is 0 Å². The number of hydrogen-bond acceptors (Lipinski definition) is 2. The lowest BCUT2D eigenvalue weighted by Crippen LogP contribution is -2.12. The molecule has 2 aromatic rings. The van der Waals surface area contributed by atoms with Crippen molar-refractivity contribution >= 4 is 45.5 Å². The summed E-state index contributed by atoms with van der Waals surface area (Å²) in [6.07, 6.45) is 0. The molecule has 4 heteroatoms. The van der Waals surface area contributed by atoms with Gasteiger partial charge in [-0.05, 0) is 76.2 Å². The van der Waals surface area contributed by atoms with Gasteiger partial charge in [0.15, 0.2) is 0 Å². The van der Waals surface area contributed by atoms with Crippen LogP contribution in [0.3, 0.4) is 0 Å². The maximum Gasteiger partial charge on any atom is 0.0656 e. The highest BCUT2D eigenvalue weighted by atomic mass is 127. The zero-order valence-electron chi connectivity index (χ0n) is 9.63. The van der Waals surface area contributed by atoms with E-state index in [2.05, 4.69) is 47.0 Å². The summed E-state index contributed by atoms with van der Waals surface area (Å²) in [6, 6.07) is 6.15. The molecule has 0 amide bonds. The lowest BCUT2D eigenvalue weighted by Gasteiger charge is -2.15. The van der Waals surface area contributed by atoms with Crippen molar-refractivity contribution in [2.24, 2.45) is 5.73 Å². The van der Waals surface area contributed by atoms with Crippen LogP contribution in [0, 0.1) is 16.7 Å². The molecule has 1 heterocycles. The number of aryl methyl sites for hydroxylation is 2. The Balaban J connectivity index is 2.43. The smallest absolute Gasteiger partial charge is 0.0656 e. The van der Waals surface area contributed by atoms with Crippen molar-refractivity contribution in [2.45, 2.75) is 19.9 Å². The van der Waals surface area contributed by atoms with E-state index in [4.69, 9.17) is 17.3 Å². The summed E-state index contributed by atoms with van der Waals surface area (Å²) < 4.78 is 1.26. The van der Waals surface area contributed by atoms with E-state index in [1.165, 1.54) is 8.45 Å². The molecule has 0 saturated heterocycles. The highest BCUT2D eigenvalue weighted by Gasteiger charge is 2.14. The fourth-order valence-electron chi connectivity index (χ4n) is 1.80. The lowest BCUT2D eigenvalue weighted by molar-refractivity contribution is 0.864. The van der Waals surface area contributed by atoms with Crippen LogP contribution in [-0.2, 0) is 0 Å². The van der Waals surface area contributed by atoms with E-state index < -0.39 is 0 Å². The molecule has 0 aliphatic heterocycles. The maximum atomic E-state index is 6.31. The second-order valence-corrected chi connectivity index (χ2v) is 7.33. The van der Waals surface area contributed by atoms with Crippen molar-refractivity contribution in [2.75, 3.05) is 0 Å². The lowest BCUT2D eigenvalue weighted by atomic mass is 9.96. The average Bonchev–Trinajstić information content (AvgIpc) is 2.69. The first-order valence-electron chi connectivity index (χ1n) is 5.25. The van der Waals surface area contributed by atoms with Gasteiger partial charge in [0, 0.05) is 5.02 Å². The third kappa shape index (κ3) is 2.84. The number of rotatable bonds is 2. The monoisotopic (exact) mass is 377 g/mol. The standard InChI is InChI=1S/C13H13ClINS/c1-7-4-11(14)8(2)3-10(7)13(16)9-5-12(15)17-6-9/h3-6,13H,16H2,1-2H3. The van der Waals surface area contributed by atoms with Crippen LogP contribution in [0.2, 0.25) is 5.02 Å². The molecule has 0 bridgehead atoms. The van der Waals surface area contributed by atoms with E-state index in [1.54, 1.807) is 11.3 Å². The SMILES string of the molecule is Cc1cc(C(N)c2csc(I)c2)c(C)cc1Cl. The van der Waals surface area contributed by atoms with Crippen molar-refractivity contribution in [1.82, 2.24) is 0 Å². The Labute approximate surface area is 124 Å². The van der Waals surface area contributed by atoms with E-state index in [9.17, 15) is 0 Å². The van der Waals surface area contributed by atoms with E-state index in [0.717, 1.165) is 21.7 Å². The van der Waals surface area contributed by atoms with Crippen LogP contribution >= 0.6 is 45.5 Å². The van der Waals surface area contributed by atoms with Crippen LogP contribution in [0.15, 0.2) is 23.6 Å². The second kappa shape index (κ2) is 5.26. The summed E-state index contributed by atoms with van der Waals surface area (Å²) in [5.74, 6) is 0. The molecule has 0 radical (unpaired) electrons. The van der Waals surface area contributed by atoms with Crippen LogP contribution in [0.1, 0.15) is 28.3 Å². The Morgan fingerprint density at radius 2 is 1.94 bits per heavy atom. The minimum atomic E-state index is -0.0641. The van der Waals surface area contributed by atoms with Crippen molar-refractivity contribution in [3.05, 3.63) is 53.7 Å². The zero-order chi connectivity index (χ0) is 12.6. The molecule has 0 fully saturated rings. The van der Waals surface area contributed by atoms with Gasteiger partial charge in [-0.1, -0.05) is 17.7 Å². The topological polar surface area (TPSA) is 26.0 Å². The molecule has 0 aliphatic rings. The zero-order valence-corrected chi connectivity index (χ0v) is 13.4. The van der Waals surface area contributed by atoms with Gasteiger partial charge in [0.25, 0.3) is 0 Å². The Morgan fingerprint density at radius 1 is 1.24 bits per heavy atom. The van der Waals surface area contributed by atoms with Crippen LogP contribution in [-0.4, -0.2) is 0 Å². The molecule has 0 saturated carbocycles. The number of nitrogens with two attached hydrogens (primary N) is 1. The average molecular weight is 378 g/mol. The van der Waals surface area contributed by atoms with Gasteiger partial charge in [-0.3, -0.25) is 0 Å². The molecule has 90 valence electrons. The third-order valence-electron chi connectivity index (χ3n) is 2.83. The minimum absolute atomic E-state index is 0.0641. The Hall–Kier alpha value is -0.100. The Kier molecular flexibility index (Phi) is 4.13. The largest absolute Gasteiger partial charge is 0.320 e. The molecule has 1 aromatic carbocycles. The highest BCUT2D eigenvalue weighted by Crippen LogP contribution is 2.30. The van der Waals surface area contributed by atoms with Crippen LogP contribution in [0.25, 0.3) is 0 Å². The summed E-state index contributed by atoms with van der Waals surface area (Å²) in [5.41, 5.74) is 10.9. The van der Waals surface area contributed by atoms with Crippen LogP contribution < -0.4 is 5.73 Å². The number of thiophene rings is 1. The third-order valence-corrected chi connectivity index (χ3v) is 5.04. The van der Waals surface area contributed by atoms with E-state index >= 15 is 0 Å². The van der Waals surface area contributed by atoms with Gasteiger partial charge in [0.2, 0.25) is 0 Å². The van der Waals surface area contributed by atoms with E-state index in [-0.39, 0.29) is 6.04 Å². The first kappa shape index (κ1) is 13.3. The summed E-state index contributed by atoms with van der Waals surface area (Å²) in [5, 5.41) is 2.92.